The first-order valence-corrected chi connectivity index (χ1v) is 3.04. The third-order valence-corrected chi connectivity index (χ3v) is 1.23. The summed E-state index contributed by atoms with van der Waals surface area (Å²) < 4.78 is 0. The van der Waals surface area contributed by atoms with Crippen LogP contribution in [0.5, 0.6) is 0 Å². The molecule has 2 nitrogen and oxygen atoms in total. The minimum atomic E-state index is 0.149. The van der Waals surface area contributed by atoms with Crippen LogP contribution < -0.4 is 5.32 Å². The highest BCUT2D eigenvalue weighted by Crippen LogP contribution is 2.24. The highest BCUT2D eigenvalue weighted by Gasteiger charge is 2.18. The van der Waals surface area contributed by atoms with E-state index in [0.717, 1.165) is 5.70 Å². The van der Waals surface area contributed by atoms with Crippen LogP contribution >= 0.6 is 0 Å². The Morgan fingerprint density at radius 2 is 2.00 bits per heavy atom. The number of hydrogen-bond acceptors (Lipinski definition) is 1. The van der Waals surface area contributed by atoms with Crippen molar-refractivity contribution in [3.05, 3.63) is 11.9 Å². The van der Waals surface area contributed by atoms with E-state index in [4.69, 9.17) is 0 Å². The quantitative estimate of drug-likeness (QED) is 0.467. The fourth-order valence-electron chi connectivity index (χ4n) is 0.620. The summed E-state index contributed by atoms with van der Waals surface area (Å²) in [5.41, 5.74) is 1.21. The maximum atomic E-state index is 4.08. The van der Waals surface area contributed by atoms with Gasteiger partial charge in [-0.1, -0.05) is 20.8 Å². The van der Waals surface area contributed by atoms with Gasteiger partial charge in [-0.2, -0.15) is 0 Å². The Hall–Kier alpha value is -0.790. The first-order chi connectivity index (χ1) is 4.11. The van der Waals surface area contributed by atoms with Crippen LogP contribution in [0.25, 0.3) is 0 Å². The van der Waals surface area contributed by atoms with E-state index in [2.05, 4.69) is 31.1 Å². The van der Waals surface area contributed by atoms with Crippen molar-refractivity contribution in [2.75, 3.05) is 0 Å². The second-order valence-electron chi connectivity index (χ2n) is 3.16. The molecule has 0 aromatic heterocycles. The van der Waals surface area contributed by atoms with Gasteiger partial charge in [-0.05, 0) is 0 Å². The van der Waals surface area contributed by atoms with Gasteiger partial charge in [0.2, 0.25) is 0 Å². The summed E-state index contributed by atoms with van der Waals surface area (Å²) in [4.78, 5) is 3.88. The fraction of sp³-hybridized carbons (Fsp3) is 0.571. The Morgan fingerprint density at radius 3 is 2.22 bits per heavy atom. The molecule has 2 heteroatoms. The Kier molecular flexibility index (Phi) is 1.31. The van der Waals surface area contributed by atoms with Crippen molar-refractivity contribution >= 4 is 6.34 Å². The smallest absolute Gasteiger partial charge is 0.115 e. The lowest BCUT2D eigenvalue weighted by Gasteiger charge is -2.17. The van der Waals surface area contributed by atoms with Crippen LogP contribution in [0.2, 0.25) is 0 Å². The van der Waals surface area contributed by atoms with Crippen molar-refractivity contribution in [3.63, 3.8) is 0 Å². The molecule has 49 valence electrons. The van der Waals surface area contributed by atoms with Crippen molar-refractivity contribution in [2.24, 2.45) is 10.4 Å². The van der Waals surface area contributed by atoms with E-state index >= 15 is 0 Å². The van der Waals surface area contributed by atoms with E-state index in [1.807, 2.05) is 0 Å². The average Bonchev–Trinajstić information content (AvgIpc) is 2.08. The number of allylic oxidation sites excluding steroid dienone is 1. The van der Waals surface area contributed by atoms with Gasteiger partial charge in [0, 0.05) is 5.41 Å². The van der Waals surface area contributed by atoms with Crippen LogP contribution in [0.4, 0.5) is 0 Å². The number of rotatable bonds is 0. The highest BCUT2D eigenvalue weighted by atomic mass is 15.0. The fourth-order valence-corrected chi connectivity index (χ4v) is 0.620. The molecule has 1 heterocycles. The lowest BCUT2D eigenvalue weighted by molar-refractivity contribution is 0.485. The number of nitrogens with zero attached hydrogens (tertiary/aromatic N) is 2. The molecule has 1 aliphatic heterocycles. The van der Waals surface area contributed by atoms with Gasteiger partial charge in [0.25, 0.3) is 0 Å². The van der Waals surface area contributed by atoms with Crippen molar-refractivity contribution in [2.45, 2.75) is 20.8 Å². The summed E-state index contributed by atoms with van der Waals surface area (Å²) in [6, 6.07) is 0. The van der Waals surface area contributed by atoms with Crippen LogP contribution in [-0.4, -0.2) is 6.34 Å². The lowest BCUT2D eigenvalue weighted by atomic mass is 9.93. The first-order valence-electron chi connectivity index (χ1n) is 3.04. The van der Waals surface area contributed by atoms with Crippen LogP contribution in [-0.2, 0) is 0 Å². The molecular formula is C7H11N2. The van der Waals surface area contributed by atoms with Crippen molar-refractivity contribution in [3.8, 4) is 0 Å². The monoisotopic (exact) mass is 123 g/mol. The SMILES string of the molecule is CC(C)(C)C1=CN=C[N]1. The van der Waals surface area contributed by atoms with Gasteiger partial charge < -0.3 is 0 Å². The summed E-state index contributed by atoms with van der Waals surface area (Å²) in [6.45, 7) is 6.37. The predicted molar refractivity (Wildman–Crippen MR) is 38.2 cm³/mol. The molecular weight excluding hydrogens is 112 g/mol. The summed E-state index contributed by atoms with van der Waals surface area (Å²) in [5, 5.41) is 4.08. The summed E-state index contributed by atoms with van der Waals surface area (Å²) in [7, 11) is 0. The second-order valence-corrected chi connectivity index (χ2v) is 3.16. The summed E-state index contributed by atoms with van der Waals surface area (Å²) in [6.07, 6.45) is 3.39. The predicted octanol–water partition coefficient (Wildman–Crippen LogP) is 1.52. The Balaban J connectivity index is 2.66. The van der Waals surface area contributed by atoms with E-state index in [1.165, 1.54) is 0 Å². The van der Waals surface area contributed by atoms with Gasteiger partial charge in [-0.3, -0.25) is 0 Å². The molecule has 0 amide bonds. The Labute approximate surface area is 55.7 Å². The highest BCUT2D eigenvalue weighted by molar-refractivity contribution is 5.61. The standard InChI is InChI=1S/C7H11N2/c1-7(2,3)6-4-8-5-9-6/h4-5H,1-3H3. The van der Waals surface area contributed by atoms with E-state index in [1.54, 1.807) is 12.5 Å². The third kappa shape index (κ3) is 1.31. The zero-order valence-electron chi connectivity index (χ0n) is 6.05. The molecule has 1 aliphatic rings. The maximum Gasteiger partial charge on any atom is 0.115 e. The van der Waals surface area contributed by atoms with Gasteiger partial charge in [-0.25, -0.2) is 10.3 Å². The zero-order chi connectivity index (χ0) is 6.91. The average molecular weight is 123 g/mol. The molecule has 0 N–H and O–H groups in total. The molecule has 0 saturated carbocycles. The molecule has 1 rings (SSSR count). The molecule has 0 bridgehead atoms. The molecule has 0 unspecified atom stereocenters. The van der Waals surface area contributed by atoms with Crippen LogP contribution in [0.15, 0.2) is 16.9 Å². The molecule has 1 radical (unpaired) electrons. The summed E-state index contributed by atoms with van der Waals surface area (Å²) in [5.74, 6) is 0. The van der Waals surface area contributed by atoms with Gasteiger partial charge in [0.15, 0.2) is 0 Å². The van der Waals surface area contributed by atoms with Crippen LogP contribution in [0.3, 0.4) is 0 Å². The molecule has 0 atom stereocenters. The van der Waals surface area contributed by atoms with Crippen molar-refractivity contribution in [1.29, 1.82) is 0 Å². The molecule has 0 aliphatic carbocycles. The van der Waals surface area contributed by atoms with Crippen molar-refractivity contribution in [1.82, 2.24) is 5.32 Å². The molecule has 0 saturated heterocycles. The summed E-state index contributed by atoms with van der Waals surface area (Å²) >= 11 is 0. The van der Waals surface area contributed by atoms with E-state index in [-0.39, 0.29) is 5.41 Å². The zero-order valence-corrected chi connectivity index (χ0v) is 6.05. The topological polar surface area (TPSA) is 26.5 Å². The minimum Gasteiger partial charge on any atom is -0.243 e. The largest absolute Gasteiger partial charge is 0.243 e. The third-order valence-electron chi connectivity index (χ3n) is 1.23. The van der Waals surface area contributed by atoms with Gasteiger partial charge in [0.05, 0.1) is 11.9 Å². The Morgan fingerprint density at radius 1 is 1.33 bits per heavy atom. The maximum absolute atomic E-state index is 4.08. The van der Waals surface area contributed by atoms with E-state index < -0.39 is 0 Å². The molecule has 9 heavy (non-hydrogen) atoms. The lowest BCUT2D eigenvalue weighted by Crippen LogP contribution is -2.14. The van der Waals surface area contributed by atoms with Crippen LogP contribution in [0, 0.1) is 5.41 Å². The number of aliphatic imine (C=N–C) groups is 1. The normalized spacial score (nSPS) is 17.4. The molecule has 0 fully saturated rings. The molecule has 0 aromatic rings. The van der Waals surface area contributed by atoms with E-state index in [9.17, 15) is 0 Å². The second kappa shape index (κ2) is 1.87. The minimum absolute atomic E-state index is 0.149. The molecule has 0 aromatic carbocycles. The number of hydrogen-bond donors (Lipinski definition) is 0. The van der Waals surface area contributed by atoms with Gasteiger partial charge in [0.1, 0.15) is 6.34 Å². The van der Waals surface area contributed by atoms with Crippen molar-refractivity contribution < 1.29 is 0 Å². The van der Waals surface area contributed by atoms with E-state index in [0.29, 0.717) is 0 Å². The van der Waals surface area contributed by atoms with Gasteiger partial charge >= 0.3 is 0 Å². The Bertz CT molecular complexity index is 160. The van der Waals surface area contributed by atoms with Crippen LogP contribution in [0.1, 0.15) is 20.8 Å². The van der Waals surface area contributed by atoms with Gasteiger partial charge in [-0.15, -0.1) is 0 Å². The molecule has 0 spiro atoms. The first kappa shape index (κ1) is 6.33.